The molecule has 0 aliphatic carbocycles. The van der Waals surface area contributed by atoms with Gasteiger partial charge in [0.2, 0.25) is 0 Å². The van der Waals surface area contributed by atoms with Crippen molar-refractivity contribution in [2.75, 3.05) is 0 Å². The first-order valence-corrected chi connectivity index (χ1v) is 11.4. The monoisotopic (exact) mass is 445 g/mol. The van der Waals surface area contributed by atoms with Crippen LogP contribution in [0.5, 0.6) is 5.75 Å². The first-order valence-electron chi connectivity index (χ1n) is 11.4. The van der Waals surface area contributed by atoms with Crippen LogP contribution >= 0.6 is 0 Å². The molecular weight excluding hydrogens is 414 g/mol. The highest BCUT2D eigenvalue weighted by atomic mass is 16.5. The van der Waals surface area contributed by atoms with Crippen molar-refractivity contribution >= 4 is 22.9 Å². The lowest BCUT2D eigenvalue weighted by atomic mass is 9.98. The summed E-state index contributed by atoms with van der Waals surface area (Å²) < 4.78 is 5.86. The highest BCUT2D eigenvalue weighted by Gasteiger charge is 2.31. The molecule has 0 aromatic heterocycles. The second kappa shape index (κ2) is 13.4. The van der Waals surface area contributed by atoms with Crippen molar-refractivity contribution in [3.05, 3.63) is 38.1 Å². The van der Waals surface area contributed by atoms with Crippen LogP contribution in [0.25, 0.3) is 5.76 Å². The summed E-state index contributed by atoms with van der Waals surface area (Å²) in [6.07, 6.45) is 12.2. The lowest BCUT2D eigenvalue weighted by molar-refractivity contribution is -0.118. The van der Waals surface area contributed by atoms with E-state index in [1.807, 2.05) is 0 Å². The Labute approximate surface area is 187 Å². The molecule has 0 saturated heterocycles. The lowest BCUT2D eigenvalue weighted by Crippen LogP contribution is -2.24. The normalized spacial score (nSPS) is 16.0. The van der Waals surface area contributed by atoms with E-state index < -0.39 is 34.7 Å². The quantitative estimate of drug-likeness (QED) is 0.222. The molecule has 2 rings (SSSR count). The highest BCUT2D eigenvalue weighted by molar-refractivity contribution is 6.03. The third-order valence-electron chi connectivity index (χ3n) is 5.67. The number of benzene rings is 1. The minimum absolute atomic E-state index is 0.0424. The molecule has 1 aliphatic heterocycles. The number of hydrogen-bond donors (Lipinski definition) is 1. The number of nitroso groups, excluding NO2 is 3. The second-order valence-corrected chi connectivity index (χ2v) is 8.15. The van der Waals surface area contributed by atoms with E-state index in [4.69, 9.17) is 4.74 Å². The van der Waals surface area contributed by atoms with E-state index in [-0.39, 0.29) is 17.7 Å². The fourth-order valence-corrected chi connectivity index (χ4v) is 3.91. The van der Waals surface area contributed by atoms with Gasteiger partial charge in [-0.05, 0) is 40.5 Å². The summed E-state index contributed by atoms with van der Waals surface area (Å²) in [5.74, 6) is -1.18. The number of rotatable bonds is 15. The van der Waals surface area contributed by atoms with Gasteiger partial charge in [0.05, 0.1) is 0 Å². The molecule has 0 fully saturated rings. The Hall–Kier alpha value is -2.97. The zero-order chi connectivity index (χ0) is 23.3. The first kappa shape index (κ1) is 25.3. The predicted octanol–water partition coefficient (Wildman–Crippen LogP) is 7.29. The number of carbonyl (C=O) groups excluding carboxylic acids is 1. The van der Waals surface area contributed by atoms with Gasteiger partial charge in [0.25, 0.3) is 0 Å². The molecule has 0 radical (unpaired) electrons. The number of phenols is 1. The molecule has 1 aromatic carbocycles. The van der Waals surface area contributed by atoms with Gasteiger partial charge < -0.3 is 9.84 Å². The third-order valence-corrected chi connectivity index (χ3v) is 5.67. The minimum Gasteiger partial charge on any atom is -0.505 e. The Morgan fingerprint density at radius 3 is 2.09 bits per heavy atom. The van der Waals surface area contributed by atoms with E-state index >= 15 is 0 Å². The van der Waals surface area contributed by atoms with Crippen LogP contribution in [0.2, 0.25) is 0 Å². The van der Waals surface area contributed by atoms with E-state index in [0.29, 0.717) is 6.42 Å². The minimum atomic E-state index is -0.599. The maximum Gasteiger partial charge on any atom is 0.193 e. The zero-order valence-electron chi connectivity index (χ0n) is 18.5. The topological polar surface area (TPSA) is 135 Å². The second-order valence-electron chi connectivity index (χ2n) is 8.15. The lowest BCUT2D eigenvalue weighted by Gasteiger charge is -2.25. The molecule has 0 saturated carbocycles. The van der Waals surface area contributed by atoms with E-state index in [0.717, 1.165) is 31.4 Å². The van der Waals surface area contributed by atoms with Crippen LogP contribution in [-0.4, -0.2) is 17.0 Å². The van der Waals surface area contributed by atoms with Crippen LogP contribution in [0.4, 0.5) is 11.4 Å². The summed E-state index contributed by atoms with van der Waals surface area (Å²) in [6, 6.07) is 2.24. The van der Waals surface area contributed by atoms with Gasteiger partial charge in [0.1, 0.15) is 17.5 Å². The summed E-state index contributed by atoms with van der Waals surface area (Å²) in [5, 5.41) is 18.0. The number of phenolic OH excluding ortho intramolecular Hbond substituents is 1. The molecule has 174 valence electrons. The van der Waals surface area contributed by atoms with Gasteiger partial charge in [-0.15, -0.1) is 14.7 Å². The number of hydrogen-bond acceptors (Lipinski definition) is 9. The number of unbranched alkanes of at least 4 members (excludes halogenated alkanes) is 9. The highest BCUT2D eigenvalue weighted by Crippen LogP contribution is 2.42. The molecule has 9 nitrogen and oxygen atoms in total. The number of carbonyl (C=O) groups is 1. The van der Waals surface area contributed by atoms with Crippen molar-refractivity contribution in [1.29, 1.82) is 0 Å². The predicted molar refractivity (Wildman–Crippen MR) is 123 cm³/mol. The van der Waals surface area contributed by atoms with Crippen molar-refractivity contribution in [3.8, 4) is 5.75 Å². The van der Waals surface area contributed by atoms with Gasteiger partial charge in [-0.25, -0.2) is 0 Å². The third kappa shape index (κ3) is 7.03. The van der Waals surface area contributed by atoms with Crippen LogP contribution in [0.1, 0.15) is 89.5 Å². The van der Waals surface area contributed by atoms with E-state index in [2.05, 4.69) is 22.5 Å². The number of ether oxygens (including phenoxy) is 1. The van der Waals surface area contributed by atoms with Gasteiger partial charge in [0.15, 0.2) is 22.9 Å². The maximum atomic E-state index is 12.4. The Balaban J connectivity index is 1.93. The number of nitrogens with zero attached hydrogens (tertiary/aromatic N) is 3. The maximum absolute atomic E-state index is 12.4. The van der Waals surface area contributed by atoms with Crippen LogP contribution in [0.15, 0.2) is 33.4 Å². The molecule has 1 aliphatic rings. The van der Waals surface area contributed by atoms with Gasteiger partial charge in [0, 0.05) is 12.0 Å². The van der Waals surface area contributed by atoms with E-state index in [9.17, 15) is 24.6 Å². The van der Waals surface area contributed by atoms with Gasteiger partial charge in [-0.3, -0.25) is 4.79 Å². The van der Waals surface area contributed by atoms with Crippen LogP contribution in [-0.2, 0) is 9.53 Å². The SMILES string of the molecule is CCCCCCCCCCCCC1CC(=O)C(N=O)=C(c2cc(O)c(N=O)c(N=O)c2)O1. The first-order chi connectivity index (χ1) is 15.5. The van der Waals surface area contributed by atoms with Crippen molar-refractivity contribution < 1.29 is 14.6 Å². The summed E-state index contributed by atoms with van der Waals surface area (Å²) in [6.45, 7) is 2.21. The Kier molecular flexibility index (Phi) is 10.6. The van der Waals surface area contributed by atoms with Gasteiger partial charge in [-0.2, -0.15) is 0 Å². The average Bonchev–Trinajstić information content (AvgIpc) is 2.79. The van der Waals surface area contributed by atoms with Crippen molar-refractivity contribution in [1.82, 2.24) is 0 Å². The van der Waals surface area contributed by atoms with E-state index in [1.54, 1.807) is 0 Å². The van der Waals surface area contributed by atoms with Crippen LogP contribution < -0.4 is 0 Å². The van der Waals surface area contributed by atoms with Crippen LogP contribution in [0, 0.1) is 14.7 Å². The van der Waals surface area contributed by atoms with Crippen molar-refractivity contribution in [2.24, 2.45) is 15.5 Å². The van der Waals surface area contributed by atoms with Crippen molar-refractivity contribution in [2.45, 2.75) is 90.1 Å². The molecule has 0 bridgehead atoms. The van der Waals surface area contributed by atoms with Gasteiger partial charge >= 0.3 is 0 Å². The van der Waals surface area contributed by atoms with Crippen molar-refractivity contribution in [3.63, 3.8) is 0 Å². The summed E-state index contributed by atoms with van der Waals surface area (Å²) in [5.41, 5.74) is -1.28. The molecule has 1 atom stereocenters. The molecule has 0 amide bonds. The fourth-order valence-electron chi connectivity index (χ4n) is 3.91. The number of allylic oxidation sites excluding steroid dienone is 1. The van der Waals surface area contributed by atoms with E-state index in [1.165, 1.54) is 44.9 Å². The molecule has 0 spiro atoms. The summed E-state index contributed by atoms with van der Waals surface area (Å²) in [4.78, 5) is 45.5. The average molecular weight is 446 g/mol. The Morgan fingerprint density at radius 1 is 0.906 bits per heavy atom. The number of Topliss-reactive ketones (excluding diaryl/α,β-unsaturated/α-hetero) is 1. The Morgan fingerprint density at radius 2 is 1.53 bits per heavy atom. The Bertz CT molecular complexity index is 852. The zero-order valence-corrected chi connectivity index (χ0v) is 18.5. The summed E-state index contributed by atoms with van der Waals surface area (Å²) in [7, 11) is 0. The number of aromatic hydroxyl groups is 1. The molecule has 1 unspecified atom stereocenters. The largest absolute Gasteiger partial charge is 0.505 e. The summed E-state index contributed by atoms with van der Waals surface area (Å²) >= 11 is 0. The number of ketones is 1. The molecule has 1 N–H and O–H groups in total. The smallest absolute Gasteiger partial charge is 0.193 e. The fraction of sp³-hybridized carbons (Fsp3) is 0.609. The molecule has 9 heteroatoms. The van der Waals surface area contributed by atoms with Crippen LogP contribution in [0.3, 0.4) is 0 Å². The van der Waals surface area contributed by atoms with Gasteiger partial charge in [-0.1, -0.05) is 64.7 Å². The molecule has 1 aromatic rings. The standard InChI is InChI=1S/C23H31N3O6/c1-2-3-4-5-6-7-8-9-10-11-12-17-15-20(28)22(26-31)23(32-17)16-13-18(24-29)21(25-30)19(27)14-16/h13-14,17,27H,2-12,15H2,1H3. The molecular formula is C23H31N3O6. The molecule has 32 heavy (non-hydrogen) atoms. The molecule has 1 heterocycles.